The van der Waals surface area contributed by atoms with E-state index in [9.17, 15) is 10.1 Å². The highest BCUT2D eigenvalue weighted by Crippen LogP contribution is 2.30. The summed E-state index contributed by atoms with van der Waals surface area (Å²) in [5, 5.41) is 20.0. The third kappa shape index (κ3) is 2.90. The van der Waals surface area contributed by atoms with Crippen molar-refractivity contribution in [3.8, 4) is 6.07 Å². The maximum absolute atomic E-state index is 10.9. The van der Waals surface area contributed by atoms with Gasteiger partial charge in [-0.05, 0) is 31.9 Å². The van der Waals surface area contributed by atoms with Crippen LogP contribution in [0.25, 0.3) is 0 Å². The van der Waals surface area contributed by atoms with Crippen LogP contribution in [0.4, 0.5) is 11.4 Å². The zero-order chi connectivity index (χ0) is 14.5. The number of nitro benzene ring substituents is 1. The van der Waals surface area contributed by atoms with Crippen molar-refractivity contribution < 1.29 is 4.92 Å². The molecule has 2 rings (SSSR count). The molecule has 0 atom stereocenters. The maximum atomic E-state index is 10.9. The molecule has 5 nitrogen and oxygen atoms in total. The summed E-state index contributed by atoms with van der Waals surface area (Å²) in [6.45, 7) is 2.94. The van der Waals surface area contributed by atoms with E-state index in [1.807, 2.05) is 6.07 Å². The number of hydrogen-bond donors (Lipinski definition) is 0. The lowest BCUT2D eigenvalue weighted by Gasteiger charge is -2.35. The van der Waals surface area contributed by atoms with E-state index >= 15 is 0 Å². The van der Waals surface area contributed by atoms with Gasteiger partial charge in [0.2, 0.25) is 0 Å². The molecule has 1 aromatic rings. The van der Waals surface area contributed by atoms with Crippen molar-refractivity contribution in [2.75, 3.05) is 11.4 Å². The lowest BCUT2D eigenvalue weighted by molar-refractivity contribution is -0.385. The SMILES string of the molecule is CCN(c1ccc([N+](=O)[O-])c(C#N)c1)C1CCCCC1. The van der Waals surface area contributed by atoms with Gasteiger partial charge in [-0.1, -0.05) is 19.3 Å². The Morgan fingerprint density at radius 2 is 2.10 bits per heavy atom. The highest BCUT2D eigenvalue weighted by atomic mass is 16.6. The van der Waals surface area contributed by atoms with Gasteiger partial charge in [0.05, 0.1) is 4.92 Å². The van der Waals surface area contributed by atoms with Crippen molar-refractivity contribution in [2.45, 2.75) is 45.1 Å². The number of benzene rings is 1. The Labute approximate surface area is 119 Å². The van der Waals surface area contributed by atoms with E-state index in [-0.39, 0.29) is 11.3 Å². The van der Waals surface area contributed by atoms with E-state index in [1.165, 1.54) is 25.3 Å². The van der Waals surface area contributed by atoms with E-state index in [1.54, 1.807) is 12.1 Å². The van der Waals surface area contributed by atoms with Gasteiger partial charge in [0.25, 0.3) is 5.69 Å². The van der Waals surface area contributed by atoms with Crippen molar-refractivity contribution >= 4 is 11.4 Å². The number of rotatable bonds is 4. The Hall–Kier alpha value is -2.09. The fraction of sp³-hybridized carbons (Fsp3) is 0.533. The summed E-state index contributed by atoms with van der Waals surface area (Å²) in [5.41, 5.74) is 0.944. The van der Waals surface area contributed by atoms with E-state index in [2.05, 4.69) is 11.8 Å². The molecule has 0 bridgehead atoms. The molecule has 0 heterocycles. The highest BCUT2D eigenvalue weighted by molar-refractivity contribution is 5.60. The van der Waals surface area contributed by atoms with Crippen LogP contribution in [0.3, 0.4) is 0 Å². The second-order valence-electron chi connectivity index (χ2n) is 5.15. The molecule has 1 saturated carbocycles. The van der Waals surface area contributed by atoms with E-state index in [4.69, 9.17) is 5.26 Å². The van der Waals surface area contributed by atoms with Gasteiger partial charge < -0.3 is 4.90 Å². The fourth-order valence-corrected chi connectivity index (χ4v) is 3.00. The molecule has 1 aromatic carbocycles. The molecule has 0 amide bonds. The molecule has 0 radical (unpaired) electrons. The second kappa shape index (κ2) is 6.38. The Morgan fingerprint density at radius 1 is 1.40 bits per heavy atom. The Balaban J connectivity index is 2.30. The molecular formula is C15H19N3O2. The monoisotopic (exact) mass is 273 g/mol. The first kappa shape index (κ1) is 14.3. The molecule has 1 fully saturated rings. The van der Waals surface area contributed by atoms with Gasteiger partial charge in [-0.15, -0.1) is 0 Å². The van der Waals surface area contributed by atoms with Crippen LogP contribution in [0.1, 0.15) is 44.6 Å². The first-order valence-electron chi connectivity index (χ1n) is 7.12. The van der Waals surface area contributed by atoms with Gasteiger partial charge in [-0.2, -0.15) is 5.26 Å². The molecule has 0 saturated heterocycles. The molecule has 1 aliphatic carbocycles. The molecule has 0 unspecified atom stereocenters. The Bertz CT molecular complexity index is 530. The van der Waals surface area contributed by atoms with Crippen molar-refractivity contribution in [3.63, 3.8) is 0 Å². The fourth-order valence-electron chi connectivity index (χ4n) is 3.00. The van der Waals surface area contributed by atoms with Crippen LogP contribution < -0.4 is 4.90 Å². The largest absolute Gasteiger partial charge is 0.369 e. The van der Waals surface area contributed by atoms with Crippen LogP contribution >= 0.6 is 0 Å². The number of nitrogens with zero attached hydrogens (tertiary/aromatic N) is 3. The summed E-state index contributed by atoms with van der Waals surface area (Å²) < 4.78 is 0. The summed E-state index contributed by atoms with van der Waals surface area (Å²) in [6.07, 6.45) is 6.08. The number of nitro groups is 1. The minimum Gasteiger partial charge on any atom is -0.369 e. The molecule has 0 N–H and O–H groups in total. The first-order valence-corrected chi connectivity index (χ1v) is 7.12. The van der Waals surface area contributed by atoms with Crippen LogP contribution in [0.5, 0.6) is 0 Å². The molecule has 20 heavy (non-hydrogen) atoms. The van der Waals surface area contributed by atoms with Crippen LogP contribution in [0.15, 0.2) is 18.2 Å². The van der Waals surface area contributed by atoms with Crippen molar-refractivity contribution in [2.24, 2.45) is 0 Å². The summed E-state index contributed by atoms with van der Waals surface area (Å²) in [7, 11) is 0. The van der Waals surface area contributed by atoms with Crippen LogP contribution in [0, 0.1) is 21.4 Å². The van der Waals surface area contributed by atoms with Gasteiger partial charge >= 0.3 is 0 Å². The maximum Gasteiger partial charge on any atom is 0.287 e. The standard InChI is InChI=1S/C15H19N3O2/c1-2-17(13-6-4-3-5-7-13)14-8-9-15(18(19)20)12(10-14)11-16/h8-10,13H,2-7H2,1H3. The zero-order valence-corrected chi connectivity index (χ0v) is 11.7. The second-order valence-corrected chi connectivity index (χ2v) is 5.15. The first-order chi connectivity index (χ1) is 9.67. The van der Waals surface area contributed by atoms with Crippen molar-refractivity contribution in [3.05, 3.63) is 33.9 Å². The minimum absolute atomic E-state index is 0.115. The van der Waals surface area contributed by atoms with E-state index in [0.29, 0.717) is 6.04 Å². The smallest absolute Gasteiger partial charge is 0.287 e. The molecule has 0 spiro atoms. The number of nitriles is 1. The van der Waals surface area contributed by atoms with Crippen LogP contribution in [-0.4, -0.2) is 17.5 Å². The summed E-state index contributed by atoms with van der Waals surface area (Å²) in [6, 6.07) is 7.27. The van der Waals surface area contributed by atoms with E-state index in [0.717, 1.165) is 25.1 Å². The third-order valence-electron chi connectivity index (χ3n) is 3.99. The van der Waals surface area contributed by atoms with Gasteiger partial charge in [0.1, 0.15) is 11.6 Å². The molecule has 5 heteroatoms. The Morgan fingerprint density at radius 3 is 2.65 bits per heavy atom. The zero-order valence-electron chi connectivity index (χ0n) is 11.7. The predicted molar refractivity (Wildman–Crippen MR) is 77.7 cm³/mol. The Kier molecular flexibility index (Phi) is 4.57. The minimum atomic E-state index is -0.501. The number of hydrogen-bond acceptors (Lipinski definition) is 4. The van der Waals surface area contributed by atoms with Gasteiger partial charge in [0, 0.05) is 24.3 Å². The van der Waals surface area contributed by atoms with Gasteiger partial charge in [-0.25, -0.2) is 0 Å². The number of anilines is 1. The predicted octanol–water partition coefficient (Wildman–Crippen LogP) is 3.63. The lowest BCUT2D eigenvalue weighted by atomic mass is 9.93. The van der Waals surface area contributed by atoms with Gasteiger partial charge in [-0.3, -0.25) is 10.1 Å². The topological polar surface area (TPSA) is 70.2 Å². The lowest BCUT2D eigenvalue weighted by Crippen LogP contribution is -2.36. The summed E-state index contributed by atoms with van der Waals surface area (Å²) in [5.74, 6) is 0. The summed E-state index contributed by atoms with van der Waals surface area (Å²) >= 11 is 0. The molecule has 0 aliphatic heterocycles. The third-order valence-corrected chi connectivity index (χ3v) is 3.99. The highest BCUT2D eigenvalue weighted by Gasteiger charge is 2.22. The molecular weight excluding hydrogens is 254 g/mol. The van der Waals surface area contributed by atoms with E-state index < -0.39 is 4.92 Å². The quantitative estimate of drug-likeness (QED) is 0.620. The van der Waals surface area contributed by atoms with Crippen LogP contribution in [-0.2, 0) is 0 Å². The average molecular weight is 273 g/mol. The molecule has 1 aliphatic rings. The average Bonchev–Trinajstić information content (AvgIpc) is 2.48. The van der Waals surface area contributed by atoms with Crippen molar-refractivity contribution in [1.82, 2.24) is 0 Å². The molecule has 106 valence electrons. The normalized spacial score (nSPS) is 15.6. The summed E-state index contributed by atoms with van der Waals surface area (Å²) in [4.78, 5) is 12.6. The molecule has 0 aromatic heterocycles. The van der Waals surface area contributed by atoms with Crippen LogP contribution in [0.2, 0.25) is 0 Å². The van der Waals surface area contributed by atoms with Gasteiger partial charge in [0.15, 0.2) is 0 Å². The van der Waals surface area contributed by atoms with Crippen molar-refractivity contribution in [1.29, 1.82) is 5.26 Å².